The molecule has 1 N–H and O–H groups in total. The third-order valence-electron chi connectivity index (χ3n) is 2.75. The van der Waals surface area contributed by atoms with Gasteiger partial charge in [0.05, 0.1) is 12.7 Å². The summed E-state index contributed by atoms with van der Waals surface area (Å²) in [5, 5.41) is 2.28. The molecule has 23 heavy (non-hydrogen) atoms. The fourth-order valence-electron chi connectivity index (χ4n) is 1.76. The van der Waals surface area contributed by atoms with E-state index in [1.165, 1.54) is 13.5 Å². The Kier molecular flexibility index (Phi) is 6.97. The van der Waals surface area contributed by atoms with E-state index in [0.717, 1.165) is 5.56 Å². The largest absolute Gasteiger partial charge is 0.520 e. The average Bonchev–Trinajstić information content (AvgIpc) is 2.45. The van der Waals surface area contributed by atoms with E-state index >= 15 is 0 Å². The van der Waals surface area contributed by atoms with Crippen molar-refractivity contribution in [1.82, 2.24) is 5.32 Å². The summed E-state index contributed by atoms with van der Waals surface area (Å²) in [5.41, 5.74) is 0.629. The quantitative estimate of drug-likeness (QED) is 0.322. The standard InChI is InChI=1S/C16H20NO5.Fm/c1-16(2,3)22-14(19)12-7-5-11(6-8-12)9-13(17-10-18)15(20)21-4;/h5-8,13H,9H2,1-4H3,(H,17,18);/q-1;. The van der Waals surface area contributed by atoms with Crippen LogP contribution >= 0.6 is 0 Å². The van der Waals surface area contributed by atoms with Crippen LogP contribution in [0.3, 0.4) is 0 Å². The van der Waals surface area contributed by atoms with Crippen molar-refractivity contribution in [3.05, 3.63) is 35.4 Å². The maximum atomic E-state index is 11.9. The van der Waals surface area contributed by atoms with Crippen LogP contribution < -0.4 is 5.32 Å². The molecular formula is C16H20FmNO5-. The van der Waals surface area contributed by atoms with E-state index in [4.69, 9.17) is 4.74 Å². The van der Waals surface area contributed by atoms with Crippen molar-refractivity contribution >= 4 is 18.3 Å². The summed E-state index contributed by atoms with van der Waals surface area (Å²) < 4.78 is 9.86. The van der Waals surface area contributed by atoms with Crippen LogP contribution in [-0.4, -0.2) is 37.1 Å². The van der Waals surface area contributed by atoms with Crippen LogP contribution in [0, 0.1) is 0 Å². The Morgan fingerprint density at radius 2 is 1.78 bits per heavy atom. The predicted molar refractivity (Wildman–Crippen MR) is 79.9 cm³/mol. The zero-order valence-electron chi connectivity index (χ0n) is 13.4. The first-order valence-corrected chi connectivity index (χ1v) is 6.79. The normalized spacial score (nSPS) is 11.7. The number of carbonyl (C=O) groups excluding carboxylic acids is 3. The Balaban J connectivity index is 0.00000484. The Morgan fingerprint density at radius 3 is 2.22 bits per heavy atom. The van der Waals surface area contributed by atoms with Crippen LogP contribution in [0.2, 0.25) is 0 Å². The molecule has 0 aliphatic rings. The third-order valence-corrected chi connectivity index (χ3v) is 2.75. The van der Waals surface area contributed by atoms with Gasteiger partial charge >= 0.3 is 11.9 Å². The summed E-state index contributed by atoms with van der Waals surface area (Å²) in [6.07, 6.45) is 1.73. The fraction of sp³-hybridized carbons (Fsp3) is 0.438. The van der Waals surface area contributed by atoms with Crippen molar-refractivity contribution in [1.29, 1.82) is 0 Å². The van der Waals surface area contributed by atoms with E-state index in [2.05, 4.69) is 10.1 Å². The molecule has 1 amide bonds. The van der Waals surface area contributed by atoms with Gasteiger partial charge in [-0.15, -0.1) is 0 Å². The van der Waals surface area contributed by atoms with Gasteiger partial charge in [0.15, 0.2) is 0 Å². The van der Waals surface area contributed by atoms with Gasteiger partial charge in [-0.2, -0.15) is 6.41 Å². The monoisotopic (exact) mass is 563 g/mol. The third kappa shape index (κ3) is 6.29. The van der Waals surface area contributed by atoms with Crippen LogP contribution in [0.25, 0.3) is 0 Å². The van der Waals surface area contributed by atoms with E-state index in [1.54, 1.807) is 45.0 Å². The molecule has 1 aromatic carbocycles. The molecule has 0 aliphatic heterocycles. The van der Waals surface area contributed by atoms with Gasteiger partial charge in [0, 0.05) is 6.42 Å². The van der Waals surface area contributed by atoms with Gasteiger partial charge in [-0.1, -0.05) is 12.1 Å². The van der Waals surface area contributed by atoms with E-state index in [9.17, 15) is 14.4 Å². The van der Waals surface area contributed by atoms with Gasteiger partial charge in [-0.25, -0.2) is 9.59 Å². The molecule has 0 heterocycles. The number of amides is 1. The van der Waals surface area contributed by atoms with Gasteiger partial charge in [0.25, 0.3) is 0 Å². The summed E-state index contributed by atoms with van der Waals surface area (Å²) in [4.78, 5) is 33.8. The van der Waals surface area contributed by atoms with Crippen molar-refractivity contribution in [2.45, 2.75) is 38.8 Å². The molecule has 132 valence electrons. The molecule has 0 fully saturated rings. The molecule has 0 radical (unpaired) electrons. The van der Waals surface area contributed by atoms with Gasteiger partial charge in [-0.3, -0.25) is 0 Å². The molecule has 1 atom stereocenters. The summed E-state index contributed by atoms with van der Waals surface area (Å²) in [6, 6.07) is 5.81. The Labute approximate surface area is 129 Å². The molecule has 0 spiro atoms. The number of methoxy groups -OCH3 is 1. The number of benzene rings is 1. The summed E-state index contributed by atoms with van der Waals surface area (Å²) in [6.45, 7) is 5.38. The first kappa shape index (κ1) is 19.6. The summed E-state index contributed by atoms with van der Waals surface area (Å²) in [7, 11) is 1.24. The second-order valence-electron chi connectivity index (χ2n) is 5.73. The van der Waals surface area contributed by atoms with Crippen LogP contribution in [0.5, 0.6) is 0 Å². The number of nitrogens with one attached hydrogen (secondary N) is 1. The van der Waals surface area contributed by atoms with Crippen molar-refractivity contribution < 1.29 is 23.9 Å². The topological polar surface area (TPSA) is 81.7 Å². The Bertz CT molecular complexity index is 536. The number of hydrogen-bond acceptors (Lipinski definition) is 5. The molecule has 0 bridgehead atoms. The Hall–Kier alpha value is -3.37. The Morgan fingerprint density at radius 1 is 1.22 bits per heavy atom. The van der Waals surface area contributed by atoms with E-state index in [0.29, 0.717) is 5.56 Å². The number of rotatable bonds is 6. The van der Waals surface area contributed by atoms with E-state index in [1.807, 2.05) is 0 Å². The van der Waals surface area contributed by atoms with Gasteiger partial charge in [0.1, 0.15) is 11.6 Å². The maximum absolute atomic E-state index is 11.9. The number of hydrogen-bond donors (Lipinski definition) is 1. The first-order valence-electron chi connectivity index (χ1n) is 6.79. The molecule has 1 rings (SSSR count). The minimum absolute atomic E-state index is 0. The number of ether oxygens (including phenoxy) is 2. The van der Waals surface area contributed by atoms with Gasteiger partial charge in [0.2, 0.25) is 0 Å². The molecule has 0 saturated heterocycles. The molecule has 1 aromatic rings. The second kappa shape index (κ2) is 8.17. The molecule has 0 saturated carbocycles. The van der Waals surface area contributed by atoms with Crippen molar-refractivity contribution in [2.75, 3.05) is 7.11 Å². The van der Waals surface area contributed by atoms with Crippen LogP contribution in [-0.2, 0) is 25.5 Å². The first-order chi connectivity index (χ1) is 10.3. The molecular weight excluding hydrogens is 543 g/mol. The smallest absolute Gasteiger partial charge is 0.338 e. The number of esters is 2. The molecule has 1 unspecified atom stereocenters. The van der Waals surface area contributed by atoms with E-state index in [-0.39, 0.29) is 6.42 Å². The maximum Gasteiger partial charge on any atom is 0.338 e. The molecule has 0 aromatic heterocycles. The summed E-state index contributed by atoms with van der Waals surface area (Å²) >= 11 is 0. The average molecular weight is 563 g/mol. The van der Waals surface area contributed by atoms with E-state index < -0.39 is 23.6 Å². The van der Waals surface area contributed by atoms with Crippen LogP contribution in [0.4, 0.5) is 0 Å². The molecule has 7 heteroatoms. The minimum atomic E-state index is -0.810. The zero-order chi connectivity index (χ0) is 16.8. The zero-order valence-corrected chi connectivity index (χ0v) is 15.8. The fourth-order valence-corrected chi connectivity index (χ4v) is 1.76. The van der Waals surface area contributed by atoms with Crippen LogP contribution in [0.1, 0.15) is 36.7 Å². The predicted octanol–water partition coefficient (Wildman–Crippen LogP) is 1.38. The van der Waals surface area contributed by atoms with Gasteiger partial charge in [-0.05, 0) is 38.5 Å². The summed E-state index contributed by atoms with van der Waals surface area (Å²) in [5.74, 6) is -0.970. The SMILES string of the molecule is COC(=O)C(Cc1ccc(C(=O)OC(C)(C)C)cc1)N[C-]=O.[Fm]. The van der Waals surface area contributed by atoms with Gasteiger partial charge < -0.3 is 19.6 Å². The second-order valence-corrected chi connectivity index (χ2v) is 5.73. The molecule has 0 aliphatic carbocycles. The molecule has 6 nitrogen and oxygen atoms in total. The van der Waals surface area contributed by atoms with Crippen molar-refractivity contribution in [3.8, 4) is 0 Å². The minimum Gasteiger partial charge on any atom is -0.520 e. The van der Waals surface area contributed by atoms with Crippen molar-refractivity contribution in [3.63, 3.8) is 0 Å². The number of carbonyl (C=O) groups is 2. The van der Waals surface area contributed by atoms with Crippen molar-refractivity contribution in [2.24, 2.45) is 0 Å². The van der Waals surface area contributed by atoms with Crippen LogP contribution in [0.15, 0.2) is 24.3 Å².